The van der Waals surface area contributed by atoms with Crippen LogP contribution in [0.2, 0.25) is 5.02 Å². The summed E-state index contributed by atoms with van der Waals surface area (Å²) in [5, 5.41) is 0.0923. The second-order valence-electron chi connectivity index (χ2n) is 9.35. The molecule has 1 aliphatic heterocycles. The molecule has 1 heterocycles. The molecule has 0 fully saturated rings. The number of fused-ring (bicyclic) bond motifs is 1. The molecule has 1 aliphatic rings. The summed E-state index contributed by atoms with van der Waals surface area (Å²) in [4.78, 5) is -0.601. The minimum atomic E-state index is -4.77. The van der Waals surface area contributed by atoms with Crippen LogP contribution in [0.3, 0.4) is 0 Å². The molecule has 1 atom stereocenters. The maximum atomic E-state index is 15.3. The van der Waals surface area contributed by atoms with Gasteiger partial charge in [-0.3, -0.25) is 4.31 Å². The number of nitrogens with zero attached hydrogens (tertiary/aromatic N) is 1. The molecule has 218 valence electrons. The summed E-state index contributed by atoms with van der Waals surface area (Å²) in [7, 11) is -3.16. The summed E-state index contributed by atoms with van der Waals surface area (Å²) in [6.07, 6.45) is -3.75. The van der Waals surface area contributed by atoms with Gasteiger partial charge in [0.2, 0.25) is 0 Å². The molecule has 0 bridgehead atoms. The van der Waals surface area contributed by atoms with Gasteiger partial charge in [0, 0.05) is 23.6 Å². The lowest BCUT2D eigenvalue weighted by molar-refractivity contribution is -0.137. The number of halogens is 6. The zero-order valence-corrected chi connectivity index (χ0v) is 23.5. The highest BCUT2D eigenvalue weighted by Crippen LogP contribution is 2.41. The second-order valence-corrected chi connectivity index (χ2v) is 11.6. The molecule has 0 spiro atoms. The van der Waals surface area contributed by atoms with E-state index in [1.165, 1.54) is 44.4 Å². The zero-order valence-electron chi connectivity index (χ0n) is 21.9. The molecule has 5 nitrogen and oxygen atoms in total. The van der Waals surface area contributed by atoms with E-state index in [1.807, 2.05) is 0 Å². The van der Waals surface area contributed by atoms with E-state index in [2.05, 4.69) is 6.58 Å². The SMILES string of the molecule is C=C(CCC1CN(S(=O)(=O)c2cccc(C(F)(F)F)c2)c2cc(C=C(C)c3c(F)cccc3Cl)c(F)cc2O1)OC. The maximum Gasteiger partial charge on any atom is 0.416 e. The molecule has 0 saturated heterocycles. The zero-order chi connectivity index (χ0) is 30.1. The van der Waals surface area contributed by atoms with Gasteiger partial charge in [-0.2, -0.15) is 13.2 Å². The number of hydrogen-bond donors (Lipinski definition) is 0. The van der Waals surface area contributed by atoms with Gasteiger partial charge in [0.15, 0.2) is 0 Å². The van der Waals surface area contributed by atoms with Crippen molar-refractivity contribution < 1.29 is 39.8 Å². The van der Waals surface area contributed by atoms with Gasteiger partial charge in [-0.1, -0.05) is 30.3 Å². The summed E-state index contributed by atoms with van der Waals surface area (Å²) in [5.74, 6) is -1.16. The molecule has 1 unspecified atom stereocenters. The molecule has 0 aromatic heterocycles. The van der Waals surface area contributed by atoms with E-state index in [-0.39, 0.29) is 46.1 Å². The van der Waals surface area contributed by atoms with Crippen molar-refractivity contribution >= 4 is 39.0 Å². The van der Waals surface area contributed by atoms with Crippen LogP contribution in [0.1, 0.15) is 36.5 Å². The number of ether oxygens (including phenoxy) is 2. The number of methoxy groups -OCH3 is 1. The number of sulfonamides is 1. The first kappa shape index (κ1) is 30.4. The molecular weight excluding hydrogens is 589 g/mol. The monoisotopic (exact) mass is 613 g/mol. The van der Waals surface area contributed by atoms with Crippen molar-refractivity contribution in [3.8, 4) is 5.75 Å². The maximum absolute atomic E-state index is 15.3. The lowest BCUT2D eigenvalue weighted by Crippen LogP contribution is -2.43. The Hall–Kier alpha value is -3.57. The Kier molecular flexibility index (Phi) is 8.70. The number of hydrogen-bond acceptors (Lipinski definition) is 4. The predicted molar refractivity (Wildman–Crippen MR) is 147 cm³/mol. The Balaban J connectivity index is 1.83. The largest absolute Gasteiger partial charge is 0.502 e. The first-order valence-electron chi connectivity index (χ1n) is 12.3. The third kappa shape index (κ3) is 6.51. The van der Waals surface area contributed by atoms with E-state index in [9.17, 15) is 26.0 Å². The highest BCUT2D eigenvalue weighted by Gasteiger charge is 2.37. The average Bonchev–Trinajstić information content (AvgIpc) is 2.91. The van der Waals surface area contributed by atoms with Crippen LogP contribution in [0.15, 0.2) is 71.8 Å². The molecular formula is C29H25ClF5NO4S. The molecule has 3 aromatic rings. The summed E-state index contributed by atoms with van der Waals surface area (Å²) >= 11 is 6.14. The smallest absolute Gasteiger partial charge is 0.416 e. The molecule has 0 aliphatic carbocycles. The molecule has 0 amide bonds. The Morgan fingerprint density at radius 1 is 1.15 bits per heavy atom. The standard InChI is InChI=1S/C29H25ClF5NO4S/c1-17(28-23(30)8-5-9-24(28)31)12-19-13-26-27(15-25(19)32)40-21(11-10-18(2)39-3)16-36(26)41(37,38)22-7-4-6-20(14-22)29(33,34)35/h4-9,12-15,21H,2,10-11,16H2,1,3H3. The number of alkyl halides is 3. The van der Waals surface area contributed by atoms with Crippen LogP contribution in [0.25, 0.3) is 11.6 Å². The Morgan fingerprint density at radius 2 is 1.85 bits per heavy atom. The summed E-state index contributed by atoms with van der Waals surface area (Å²) in [6, 6.07) is 9.62. The van der Waals surface area contributed by atoms with Crippen LogP contribution in [0, 0.1) is 11.6 Å². The first-order chi connectivity index (χ1) is 19.2. The van der Waals surface area contributed by atoms with Gasteiger partial charge < -0.3 is 9.47 Å². The molecule has 4 rings (SSSR count). The van der Waals surface area contributed by atoms with Gasteiger partial charge in [0.1, 0.15) is 23.5 Å². The van der Waals surface area contributed by atoms with Crippen molar-refractivity contribution in [1.82, 2.24) is 0 Å². The number of rotatable bonds is 8. The molecule has 3 aromatic carbocycles. The van der Waals surface area contributed by atoms with Crippen LogP contribution < -0.4 is 9.04 Å². The number of benzene rings is 3. The Morgan fingerprint density at radius 3 is 2.51 bits per heavy atom. The minimum Gasteiger partial charge on any atom is -0.502 e. The highest BCUT2D eigenvalue weighted by molar-refractivity contribution is 7.92. The second kappa shape index (κ2) is 11.7. The van der Waals surface area contributed by atoms with Crippen LogP contribution >= 0.6 is 11.6 Å². The quantitative estimate of drug-likeness (QED) is 0.146. The van der Waals surface area contributed by atoms with E-state index in [4.69, 9.17) is 21.1 Å². The van der Waals surface area contributed by atoms with Gasteiger partial charge in [-0.05, 0) is 61.4 Å². The van der Waals surface area contributed by atoms with Crippen LogP contribution in [0.5, 0.6) is 5.75 Å². The van der Waals surface area contributed by atoms with Gasteiger partial charge in [-0.15, -0.1) is 0 Å². The third-order valence-electron chi connectivity index (χ3n) is 6.52. The molecule has 0 saturated carbocycles. The summed E-state index contributed by atoms with van der Waals surface area (Å²) in [6.45, 7) is 4.95. The van der Waals surface area contributed by atoms with Crippen molar-refractivity contribution in [2.45, 2.75) is 36.9 Å². The van der Waals surface area contributed by atoms with E-state index in [0.29, 0.717) is 18.2 Å². The Bertz CT molecular complexity index is 1600. The lowest BCUT2D eigenvalue weighted by Gasteiger charge is -2.36. The third-order valence-corrected chi connectivity index (χ3v) is 8.61. The van der Waals surface area contributed by atoms with Gasteiger partial charge in [0.25, 0.3) is 10.0 Å². The molecule has 0 N–H and O–H groups in total. The van der Waals surface area contributed by atoms with Crippen molar-refractivity contribution in [2.75, 3.05) is 18.0 Å². The molecule has 12 heteroatoms. The van der Waals surface area contributed by atoms with Crippen molar-refractivity contribution in [2.24, 2.45) is 0 Å². The van der Waals surface area contributed by atoms with Crippen molar-refractivity contribution in [3.63, 3.8) is 0 Å². The average molecular weight is 614 g/mol. The topological polar surface area (TPSA) is 55.8 Å². The van der Waals surface area contributed by atoms with Gasteiger partial charge in [0.05, 0.1) is 40.6 Å². The fourth-order valence-electron chi connectivity index (χ4n) is 4.40. The van der Waals surface area contributed by atoms with E-state index in [1.54, 1.807) is 0 Å². The Labute approximate surface area is 239 Å². The van der Waals surface area contributed by atoms with Gasteiger partial charge >= 0.3 is 6.18 Å². The summed E-state index contributed by atoms with van der Waals surface area (Å²) in [5.41, 5.74) is -1.05. The van der Waals surface area contributed by atoms with E-state index >= 15 is 4.39 Å². The summed E-state index contributed by atoms with van der Waals surface area (Å²) < 4.78 is 109. The van der Waals surface area contributed by atoms with Crippen LogP contribution in [0.4, 0.5) is 27.6 Å². The van der Waals surface area contributed by atoms with E-state index < -0.39 is 44.4 Å². The van der Waals surface area contributed by atoms with Gasteiger partial charge in [-0.25, -0.2) is 17.2 Å². The normalized spacial score (nSPS) is 15.8. The fraction of sp³-hybridized carbons (Fsp3) is 0.241. The molecule has 41 heavy (non-hydrogen) atoms. The molecule has 0 radical (unpaired) electrons. The minimum absolute atomic E-state index is 0.0365. The highest BCUT2D eigenvalue weighted by atomic mass is 35.5. The van der Waals surface area contributed by atoms with Crippen molar-refractivity contribution in [3.05, 3.63) is 100 Å². The van der Waals surface area contributed by atoms with Crippen LogP contribution in [-0.2, 0) is 20.9 Å². The predicted octanol–water partition coefficient (Wildman–Crippen LogP) is 8.09. The first-order valence-corrected chi connectivity index (χ1v) is 14.1. The van der Waals surface area contributed by atoms with E-state index in [0.717, 1.165) is 28.6 Å². The lowest BCUT2D eigenvalue weighted by atomic mass is 10.0. The number of allylic oxidation sites excluding steroid dienone is 2. The number of anilines is 1. The van der Waals surface area contributed by atoms with Crippen molar-refractivity contribution in [1.29, 1.82) is 0 Å². The van der Waals surface area contributed by atoms with Crippen LogP contribution in [-0.4, -0.2) is 28.2 Å². The fourth-order valence-corrected chi connectivity index (χ4v) is 6.26.